The zero-order valence-electron chi connectivity index (χ0n) is 38.7. The third-order valence-electron chi connectivity index (χ3n) is 13.5. The zero-order chi connectivity index (χ0) is 43.7. The van der Waals surface area contributed by atoms with Crippen LogP contribution in [0.3, 0.4) is 0 Å². The Labute approximate surface area is 369 Å². The molecule has 4 heteroatoms. The van der Waals surface area contributed by atoms with Crippen molar-refractivity contribution in [1.29, 1.82) is 0 Å². The van der Waals surface area contributed by atoms with Crippen LogP contribution in [-0.4, -0.2) is 6.71 Å². The number of furan rings is 1. The lowest BCUT2D eigenvalue weighted by molar-refractivity contribution is 0.589. The largest absolute Gasteiger partial charge is 0.456 e. The van der Waals surface area contributed by atoms with Crippen molar-refractivity contribution in [3.05, 3.63) is 162 Å². The number of para-hydroxylation sites is 1. The van der Waals surface area contributed by atoms with Crippen LogP contribution >= 0.6 is 0 Å². The Hall–Kier alpha value is -6.00. The first-order valence-electron chi connectivity index (χ1n) is 22.5. The zero-order valence-corrected chi connectivity index (χ0v) is 38.7. The quantitative estimate of drug-likeness (QED) is 0.166. The van der Waals surface area contributed by atoms with Gasteiger partial charge in [0.05, 0.1) is 0 Å². The SMILES string of the molecule is CC(C)(C)c1ccc(N2c3cc(C(C)(C)C)ccc3B3c4ccc(C(C)(C)C)cc4N(c4cccc(-c5ccc6c(c5)oc5ccccc56)c4)c4cc(C(C)(C)C)cc2c43)cc1. The second-order valence-corrected chi connectivity index (χ2v) is 22.0. The predicted octanol–water partition coefficient (Wildman–Crippen LogP) is 14.5. The fraction of sp³-hybridized carbons (Fsp3) is 0.276. The Morgan fingerprint density at radius 3 is 1.45 bits per heavy atom. The van der Waals surface area contributed by atoms with E-state index in [0.717, 1.165) is 38.8 Å². The maximum Gasteiger partial charge on any atom is 0.252 e. The smallest absolute Gasteiger partial charge is 0.252 e. The van der Waals surface area contributed by atoms with Crippen LogP contribution in [0.4, 0.5) is 34.1 Å². The normalized spacial score (nSPS) is 14.0. The summed E-state index contributed by atoms with van der Waals surface area (Å²) in [5.41, 5.74) is 20.6. The van der Waals surface area contributed by atoms with Gasteiger partial charge in [-0.2, -0.15) is 0 Å². The van der Waals surface area contributed by atoms with Gasteiger partial charge in [-0.25, -0.2) is 0 Å². The van der Waals surface area contributed by atoms with E-state index < -0.39 is 0 Å². The highest BCUT2D eigenvalue weighted by molar-refractivity contribution is 7.00. The van der Waals surface area contributed by atoms with E-state index in [2.05, 4.69) is 226 Å². The van der Waals surface area contributed by atoms with E-state index in [1.54, 1.807) is 0 Å². The maximum absolute atomic E-state index is 6.40. The lowest BCUT2D eigenvalue weighted by Crippen LogP contribution is -2.61. The Balaban J connectivity index is 1.26. The molecule has 3 nitrogen and oxygen atoms in total. The summed E-state index contributed by atoms with van der Waals surface area (Å²) in [4.78, 5) is 5.15. The number of benzene rings is 7. The van der Waals surface area contributed by atoms with Crippen LogP contribution in [-0.2, 0) is 21.7 Å². The fourth-order valence-electron chi connectivity index (χ4n) is 9.75. The van der Waals surface area contributed by atoms with E-state index in [4.69, 9.17) is 4.42 Å². The summed E-state index contributed by atoms with van der Waals surface area (Å²) in [5, 5.41) is 2.29. The van der Waals surface area contributed by atoms with E-state index in [0.29, 0.717) is 0 Å². The molecule has 310 valence electrons. The molecule has 0 atom stereocenters. The molecule has 3 heterocycles. The number of hydrogen-bond acceptors (Lipinski definition) is 3. The van der Waals surface area contributed by atoms with Crippen molar-refractivity contribution in [2.24, 2.45) is 0 Å². The molecule has 0 radical (unpaired) electrons. The highest BCUT2D eigenvalue weighted by Crippen LogP contribution is 2.48. The average molecular weight is 811 g/mol. The van der Waals surface area contributed by atoms with Crippen molar-refractivity contribution >= 4 is 79.2 Å². The minimum atomic E-state index is -0.112. The number of rotatable bonds is 3. The Morgan fingerprint density at radius 2 is 0.871 bits per heavy atom. The summed E-state index contributed by atoms with van der Waals surface area (Å²) < 4.78 is 6.40. The lowest BCUT2D eigenvalue weighted by Gasteiger charge is -2.45. The number of anilines is 6. The molecule has 0 unspecified atom stereocenters. The third kappa shape index (κ3) is 6.57. The van der Waals surface area contributed by atoms with Crippen LogP contribution in [0.2, 0.25) is 0 Å². The molecule has 0 bridgehead atoms. The molecule has 0 N–H and O–H groups in total. The van der Waals surface area contributed by atoms with Crippen LogP contribution in [0.25, 0.3) is 33.1 Å². The first-order valence-corrected chi connectivity index (χ1v) is 22.5. The van der Waals surface area contributed by atoms with Gasteiger partial charge in [-0.05, 0) is 138 Å². The van der Waals surface area contributed by atoms with Gasteiger partial charge >= 0.3 is 0 Å². The van der Waals surface area contributed by atoms with Crippen LogP contribution in [0, 0.1) is 0 Å². The highest BCUT2D eigenvalue weighted by atomic mass is 16.3. The van der Waals surface area contributed by atoms with Gasteiger partial charge in [0.25, 0.3) is 6.71 Å². The van der Waals surface area contributed by atoms with Crippen LogP contribution in [0.1, 0.15) is 105 Å². The number of nitrogens with zero attached hydrogens (tertiary/aromatic N) is 2. The van der Waals surface area contributed by atoms with Crippen molar-refractivity contribution in [3.8, 4) is 11.1 Å². The maximum atomic E-state index is 6.40. The summed E-state index contributed by atoms with van der Waals surface area (Å²) in [6.07, 6.45) is 0. The fourth-order valence-corrected chi connectivity index (χ4v) is 9.75. The molecule has 7 aromatic carbocycles. The van der Waals surface area contributed by atoms with Gasteiger partial charge in [-0.15, -0.1) is 0 Å². The van der Waals surface area contributed by atoms with E-state index in [1.807, 2.05) is 6.07 Å². The molecule has 0 saturated carbocycles. The molecule has 2 aliphatic heterocycles. The van der Waals surface area contributed by atoms with Gasteiger partial charge < -0.3 is 14.2 Å². The summed E-state index contributed by atoms with van der Waals surface area (Å²) in [6.45, 7) is 27.9. The molecular formula is C58H59BN2O. The minimum Gasteiger partial charge on any atom is -0.456 e. The second-order valence-electron chi connectivity index (χ2n) is 22.0. The molecule has 62 heavy (non-hydrogen) atoms. The van der Waals surface area contributed by atoms with Gasteiger partial charge in [-0.3, -0.25) is 0 Å². The predicted molar refractivity (Wildman–Crippen MR) is 268 cm³/mol. The molecule has 0 saturated heterocycles. The van der Waals surface area contributed by atoms with Crippen LogP contribution < -0.4 is 26.2 Å². The molecule has 0 fully saturated rings. The monoisotopic (exact) mass is 810 g/mol. The number of fused-ring (bicyclic) bond motifs is 7. The molecule has 0 aliphatic carbocycles. The van der Waals surface area contributed by atoms with Crippen molar-refractivity contribution in [2.75, 3.05) is 9.80 Å². The van der Waals surface area contributed by atoms with Gasteiger partial charge in [0.1, 0.15) is 11.2 Å². The van der Waals surface area contributed by atoms with E-state index in [-0.39, 0.29) is 28.4 Å². The van der Waals surface area contributed by atoms with Crippen LogP contribution in [0.5, 0.6) is 0 Å². The molecule has 0 spiro atoms. The van der Waals surface area contributed by atoms with Crippen molar-refractivity contribution in [3.63, 3.8) is 0 Å². The average Bonchev–Trinajstić information content (AvgIpc) is 3.60. The summed E-state index contributed by atoms with van der Waals surface area (Å²) in [7, 11) is 0. The van der Waals surface area contributed by atoms with Crippen molar-refractivity contribution < 1.29 is 4.42 Å². The van der Waals surface area contributed by atoms with E-state index >= 15 is 0 Å². The van der Waals surface area contributed by atoms with E-state index in [9.17, 15) is 0 Å². The molecule has 2 aliphatic rings. The van der Waals surface area contributed by atoms with Gasteiger partial charge in [0.15, 0.2) is 0 Å². The minimum absolute atomic E-state index is 0.0156. The molecule has 10 rings (SSSR count). The third-order valence-corrected chi connectivity index (χ3v) is 13.5. The van der Waals surface area contributed by atoms with Gasteiger partial charge in [0, 0.05) is 44.9 Å². The van der Waals surface area contributed by atoms with E-state index in [1.165, 1.54) is 67.1 Å². The Bertz CT molecular complexity index is 3070. The molecular weight excluding hydrogens is 751 g/mol. The van der Waals surface area contributed by atoms with Crippen LogP contribution in [0.15, 0.2) is 144 Å². The summed E-state index contributed by atoms with van der Waals surface area (Å²) in [5.74, 6) is 0. The topological polar surface area (TPSA) is 19.6 Å². The van der Waals surface area contributed by atoms with Crippen molar-refractivity contribution in [2.45, 2.75) is 105 Å². The lowest BCUT2D eigenvalue weighted by atomic mass is 9.33. The Morgan fingerprint density at radius 1 is 0.371 bits per heavy atom. The first kappa shape index (κ1) is 40.1. The Kier molecular flexibility index (Phi) is 8.89. The standard InChI is InChI=1S/C58H59BN2O/c1-55(2,3)38-21-25-42(26-22-38)60-48-32-39(56(4,5)6)23-28-46(48)59-47-29-24-40(57(7,8)9)33-49(47)61(51-35-41(58(10,11)12)34-50(60)54(51)59)43-17-15-16-36(30-43)37-20-27-45-44-18-13-14-19-52(44)62-53(45)31-37/h13-35H,1-12H3. The van der Waals surface area contributed by atoms with Gasteiger partial charge in [0.2, 0.25) is 0 Å². The number of hydrogen-bond donors (Lipinski definition) is 0. The second kappa shape index (κ2) is 13.8. The summed E-state index contributed by atoms with van der Waals surface area (Å²) in [6, 6.07) is 53.1. The first-order chi connectivity index (χ1) is 29.3. The van der Waals surface area contributed by atoms with Crippen molar-refractivity contribution in [1.82, 2.24) is 0 Å². The molecule has 0 amide bonds. The summed E-state index contributed by atoms with van der Waals surface area (Å²) >= 11 is 0. The molecule has 1 aromatic heterocycles. The molecule has 8 aromatic rings. The van der Waals surface area contributed by atoms with Gasteiger partial charge in [-0.1, -0.05) is 156 Å². The highest BCUT2D eigenvalue weighted by Gasteiger charge is 2.45.